The molecule has 0 bridgehead atoms. The third kappa shape index (κ3) is 11.1. The van der Waals surface area contributed by atoms with Crippen LogP contribution in [0.3, 0.4) is 0 Å². The van der Waals surface area contributed by atoms with Crippen molar-refractivity contribution in [1.29, 1.82) is 0 Å². The zero-order valence-electron chi connectivity index (χ0n) is 18.3. The Kier molecular flexibility index (Phi) is 14.2. The number of rotatable bonds is 10. The molecule has 1 aliphatic heterocycles. The van der Waals surface area contributed by atoms with E-state index in [4.69, 9.17) is 9.47 Å². The smallest absolute Gasteiger partial charge is 0.224 e. The second-order valence-corrected chi connectivity index (χ2v) is 7.74. The second kappa shape index (κ2) is 15.9. The van der Waals surface area contributed by atoms with Crippen molar-refractivity contribution < 1.29 is 19.1 Å². The SMILES string of the molecule is CCC(=O)C1CCCCC1.CCC(C)OCCOCCC(=O)N1CCNCC1. The van der Waals surface area contributed by atoms with Crippen LogP contribution in [-0.2, 0) is 19.1 Å². The molecule has 1 heterocycles. The molecule has 6 nitrogen and oxygen atoms in total. The number of carbonyl (C=O) groups excluding carboxylic acids is 2. The van der Waals surface area contributed by atoms with Gasteiger partial charge < -0.3 is 19.7 Å². The maximum atomic E-state index is 11.8. The highest BCUT2D eigenvalue weighted by Gasteiger charge is 2.18. The van der Waals surface area contributed by atoms with Gasteiger partial charge in [0.25, 0.3) is 0 Å². The molecule has 1 amide bonds. The Hall–Kier alpha value is -0.980. The summed E-state index contributed by atoms with van der Waals surface area (Å²) in [5.74, 6) is 1.11. The van der Waals surface area contributed by atoms with Crippen LogP contribution in [0.2, 0.25) is 0 Å². The van der Waals surface area contributed by atoms with E-state index < -0.39 is 0 Å². The van der Waals surface area contributed by atoms with E-state index in [1.807, 2.05) is 18.7 Å². The molecule has 2 aliphatic rings. The summed E-state index contributed by atoms with van der Waals surface area (Å²) < 4.78 is 10.9. The van der Waals surface area contributed by atoms with Crippen LogP contribution in [0.4, 0.5) is 0 Å². The number of carbonyl (C=O) groups is 2. The second-order valence-electron chi connectivity index (χ2n) is 7.74. The lowest BCUT2D eigenvalue weighted by Gasteiger charge is -2.27. The molecule has 164 valence electrons. The van der Waals surface area contributed by atoms with E-state index in [1.54, 1.807) is 0 Å². The van der Waals surface area contributed by atoms with E-state index >= 15 is 0 Å². The minimum Gasteiger partial charge on any atom is -0.379 e. The van der Waals surface area contributed by atoms with Crippen molar-refractivity contribution in [2.24, 2.45) is 5.92 Å². The average Bonchev–Trinajstić information content (AvgIpc) is 2.76. The number of hydrogen-bond donors (Lipinski definition) is 1. The summed E-state index contributed by atoms with van der Waals surface area (Å²) in [5.41, 5.74) is 0. The first-order valence-electron chi connectivity index (χ1n) is 11.3. The van der Waals surface area contributed by atoms with Gasteiger partial charge >= 0.3 is 0 Å². The van der Waals surface area contributed by atoms with E-state index in [9.17, 15) is 9.59 Å². The Labute approximate surface area is 171 Å². The molecule has 1 aliphatic carbocycles. The van der Waals surface area contributed by atoms with Gasteiger partial charge in [-0.3, -0.25) is 9.59 Å². The van der Waals surface area contributed by atoms with Crippen LogP contribution in [0.1, 0.15) is 72.1 Å². The third-order valence-electron chi connectivity index (χ3n) is 5.54. The van der Waals surface area contributed by atoms with Crippen LogP contribution < -0.4 is 5.32 Å². The number of amides is 1. The number of piperazine rings is 1. The fourth-order valence-electron chi connectivity index (χ4n) is 3.47. The number of nitrogens with one attached hydrogen (secondary N) is 1. The molecule has 0 radical (unpaired) electrons. The first-order chi connectivity index (χ1) is 13.6. The number of ketones is 1. The highest BCUT2D eigenvalue weighted by molar-refractivity contribution is 5.80. The Morgan fingerprint density at radius 2 is 1.71 bits per heavy atom. The standard InChI is InChI=1S/C13H26N2O3.C9H16O/c1-3-12(2)18-11-10-17-9-4-13(16)15-7-5-14-6-8-15;1-2-9(10)8-6-4-3-5-7-8/h12,14H,3-11H2,1-2H3;8H,2-7H2,1H3. The average molecular weight is 399 g/mol. The Bertz CT molecular complexity index is 419. The molecule has 0 spiro atoms. The predicted octanol–water partition coefficient (Wildman–Crippen LogP) is 3.19. The van der Waals surface area contributed by atoms with Crippen molar-refractivity contribution in [2.75, 3.05) is 46.0 Å². The Morgan fingerprint density at radius 1 is 1.04 bits per heavy atom. The van der Waals surface area contributed by atoms with Crippen molar-refractivity contribution in [1.82, 2.24) is 10.2 Å². The molecule has 1 atom stereocenters. The molecular formula is C22H42N2O4. The fourth-order valence-corrected chi connectivity index (χ4v) is 3.47. The van der Waals surface area contributed by atoms with Crippen LogP contribution in [0, 0.1) is 5.92 Å². The minimum absolute atomic E-state index is 0.194. The number of hydrogen-bond acceptors (Lipinski definition) is 5. The van der Waals surface area contributed by atoms with Crippen LogP contribution in [0.15, 0.2) is 0 Å². The molecular weight excluding hydrogens is 356 g/mol. The quantitative estimate of drug-likeness (QED) is 0.573. The summed E-state index contributed by atoms with van der Waals surface area (Å²) in [5, 5.41) is 3.23. The van der Waals surface area contributed by atoms with Gasteiger partial charge in [0.15, 0.2) is 0 Å². The van der Waals surface area contributed by atoms with Gasteiger partial charge in [-0.15, -0.1) is 0 Å². The first kappa shape index (κ1) is 25.1. The largest absolute Gasteiger partial charge is 0.379 e. The van der Waals surface area contributed by atoms with Gasteiger partial charge in [0.2, 0.25) is 5.91 Å². The van der Waals surface area contributed by atoms with E-state index in [-0.39, 0.29) is 12.0 Å². The van der Waals surface area contributed by atoms with Gasteiger partial charge in [-0.25, -0.2) is 0 Å². The molecule has 28 heavy (non-hydrogen) atoms. The summed E-state index contributed by atoms with van der Waals surface area (Å²) in [4.78, 5) is 24.8. The number of ether oxygens (including phenoxy) is 2. The lowest BCUT2D eigenvalue weighted by molar-refractivity contribution is -0.133. The van der Waals surface area contributed by atoms with Crippen LogP contribution >= 0.6 is 0 Å². The van der Waals surface area contributed by atoms with Crippen molar-refractivity contribution in [2.45, 2.75) is 78.2 Å². The summed E-state index contributed by atoms with van der Waals surface area (Å²) in [6.07, 6.45) is 8.73. The lowest BCUT2D eigenvalue weighted by atomic mass is 9.85. The van der Waals surface area contributed by atoms with E-state index in [0.29, 0.717) is 37.9 Å². The lowest BCUT2D eigenvalue weighted by Crippen LogP contribution is -2.46. The maximum Gasteiger partial charge on any atom is 0.224 e. The van der Waals surface area contributed by atoms with Gasteiger partial charge in [0.1, 0.15) is 5.78 Å². The van der Waals surface area contributed by atoms with Gasteiger partial charge in [-0.2, -0.15) is 0 Å². The molecule has 1 saturated carbocycles. The van der Waals surface area contributed by atoms with Crippen LogP contribution in [0.25, 0.3) is 0 Å². The zero-order valence-corrected chi connectivity index (χ0v) is 18.3. The summed E-state index contributed by atoms with van der Waals surface area (Å²) in [7, 11) is 0. The van der Waals surface area contributed by atoms with Crippen molar-refractivity contribution >= 4 is 11.7 Å². The monoisotopic (exact) mass is 398 g/mol. The molecule has 1 unspecified atom stereocenters. The van der Waals surface area contributed by atoms with Gasteiger partial charge in [-0.1, -0.05) is 33.1 Å². The highest BCUT2D eigenvalue weighted by Crippen LogP contribution is 2.24. The summed E-state index contributed by atoms with van der Waals surface area (Å²) in [6, 6.07) is 0. The van der Waals surface area contributed by atoms with Gasteiger partial charge in [-0.05, 0) is 26.2 Å². The zero-order chi connectivity index (χ0) is 20.6. The highest BCUT2D eigenvalue weighted by atomic mass is 16.5. The predicted molar refractivity (Wildman–Crippen MR) is 112 cm³/mol. The van der Waals surface area contributed by atoms with Crippen molar-refractivity contribution in [3.8, 4) is 0 Å². The van der Waals surface area contributed by atoms with Crippen LogP contribution in [0.5, 0.6) is 0 Å². The molecule has 1 saturated heterocycles. The van der Waals surface area contributed by atoms with Crippen molar-refractivity contribution in [3.05, 3.63) is 0 Å². The Morgan fingerprint density at radius 3 is 2.32 bits per heavy atom. The normalized spacial score (nSPS) is 18.9. The van der Waals surface area contributed by atoms with E-state index in [1.165, 1.54) is 19.3 Å². The summed E-state index contributed by atoms with van der Waals surface area (Å²) in [6.45, 7) is 11.2. The molecule has 0 aromatic rings. The molecule has 1 N–H and O–H groups in total. The topological polar surface area (TPSA) is 67.9 Å². The summed E-state index contributed by atoms with van der Waals surface area (Å²) >= 11 is 0. The fraction of sp³-hybridized carbons (Fsp3) is 0.909. The van der Waals surface area contributed by atoms with Crippen molar-refractivity contribution in [3.63, 3.8) is 0 Å². The molecule has 6 heteroatoms. The van der Waals surface area contributed by atoms with Crippen LogP contribution in [-0.4, -0.2) is 68.7 Å². The molecule has 0 aromatic heterocycles. The van der Waals surface area contributed by atoms with Gasteiger partial charge in [0, 0.05) is 38.5 Å². The van der Waals surface area contributed by atoms with Gasteiger partial charge in [0.05, 0.1) is 32.3 Å². The molecule has 0 aromatic carbocycles. The Balaban J connectivity index is 0.000000330. The molecule has 2 rings (SSSR count). The minimum atomic E-state index is 0.194. The van der Waals surface area contributed by atoms with E-state index in [2.05, 4.69) is 12.2 Å². The first-order valence-corrected chi connectivity index (χ1v) is 11.3. The number of nitrogens with zero attached hydrogens (tertiary/aromatic N) is 1. The maximum absolute atomic E-state index is 11.8. The van der Waals surface area contributed by atoms with E-state index in [0.717, 1.165) is 51.9 Å². The third-order valence-corrected chi connectivity index (χ3v) is 5.54. The molecule has 2 fully saturated rings. The number of Topliss-reactive ketones (excluding diaryl/α,β-unsaturated/α-hetero) is 1.